The second-order valence-corrected chi connectivity index (χ2v) is 6.44. The van der Waals surface area contributed by atoms with Crippen LogP contribution in [0.1, 0.15) is 40.7 Å². The third-order valence-corrected chi connectivity index (χ3v) is 4.63. The van der Waals surface area contributed by atoms with Crippen LogP contribution in [0, 0.1) is 0 Å². The molecule has 0 aliphatic carbocycles. The largest absolute Gasteiger partial charge is 0.497 e. The Bertz CT molecular complexity index is 873. The summed E-state index contributed by atoms with van der Waals surface area (Å²) in [7, 11) is 1.60. The number of carbonyl (C=O) groups is 3. The number of methoxy groups -OCH3 is 1. The van der Waals surface area contributed by atoms with Crippen molar-refractivity contribution in [1.29, 1.82) is 0 Å². The highest BCUT2D eigenvalue weighted by atomic mass is 16.5. The van der Waals surface area contributed by atoms with Gasteiger partial charge in [-0.25, -0.2) is 0 Å². The van der Waals surface area contributed by atoms with Crippen molar-refractivity contribution >= 4 is 23.3 Å². The molecule has 1 amide bonds. The van der Waals surface area contributed by atoms with Gasteiger partial charge in [0.2, 0.25) is 5.91 Å². The second kappa shape index (κ2) is 8.03. The van der Waals surface area contributed by atoms with E-state index in [4.69, 9.17) is 9.47 Å². The molecule has 0 radical (unpaired) electrons. The zero-order valence-corrected chi connectivity index (χ0v) is 15.3. The van der Waals surface area contributed by atoms with Crippen LogP contribution in [0.15, 0.2) is 42.5 Å². The number of aryl methyl sites for hydroxylation is 1. The van der Waals surface area contributed by atoms with E-state index < -0.39 is 5.97 Å². The van der Waals surface area contributed by atoms with Gasteiger partial charge in [0, 0.05) is 17.7 Å². The number of hydrogen-bond donors (Lipinski definition) is 1. The first-order chi connectivity index (χ1) is 13.0. The predicted octanol–water partition coefficient (Wildman–Crippen LogP) is 3.11. The highest BCUT2D eigenvalue weighted by Gasteiger charge is 2.27. The maximum atomic E-state index is 12.3. The number of rotatable bonds is 7. The predicted molar refractivity (Wildman–Crippen MR) is 100 cm³/mol. The van der Waals surface area contributed by atoms with E-state index >= 15 is 0 Å². The number of ether oxygens (including phenoxy) is 2. The van der Waals surface area contributed by atoms with Gasteiger partial charge in [-0.15, -0.1) is 0 Å². The van der Waals surface area contributed by atoms with Gasteiger partial charge in [-0.2, -0.15) is 0 Å². The minimum Gasteiger partial charge on any atom is -0.497 e. The van der Waals surface area contributed by atoms with Crippen LogP contribution in [0.25, 0.3) is 0 Å². The Morgan fingerprint density at radius 2 is 1.85 bits per heavy atom. The Balaban J connectivity index is 1.50. The minimum absolute atomic E-state index is 0.0837. The quantitative estimate of drug-likeness (QED) is 0.601. The number of fused-ring (bicyclic) bond motifs is 1. The van der Waals surface area contributed by atoms with Crippen molar-refractivity contribution in [1.82, 2.24) is 0 Å². The van der Waals surface area contributed by atoms with Gasteiger partial charge in [-0.1, -0.05) is 12.1 Å². The summed E-state index contributed by atoms with van der Waals surface area (Å²) in [4.78, 5) is 35.9. The van der Waals surface area contributed by atoms with Gasteiger partial charge in [0.1, 0.15) is 5.75 Å². The van der Waals surface area contributed by atoms with E-state index in [1.165, 1.54) is 0 Å². The number of nitrogens with one attached hydrogen (secondary N) is 1. The van der Waals surface area contributed by atoms with Crippen LogP contribution in [0.5, 0.6) is 5.75 Å². The molecule has 1 heterocycles. The lowest BCUT2D eigenvalue weighted by Crippen LogP contribution is -2.14. The van der Waals surface area contributed by atoms with E-state index in [1.54, 1.807) is 32.2 Å². The van der Waals surface area contributed by atoms with Crippen LogP contribution in [0.2, 0.25) is 0 Å². The number of anilines is 1. The third kappa shape index (κ3) is 4.34. The van der Waals surface area contributed by atoms with Crippen LogP contribution in [0.3, 0.4) is 0 Å². The van der Waals surface area contributed by atoms with Crippen LogP contribution < -0.4 is 10.1 Å². The van der Waals surface area contributed by atoms with E-state index in [1.807, 2.05) is 24.3 Å². The Hall–Kier alpha value is -3.15. The number of Topliss-reactive ketones (excluding diaryl/α,β-unsaturated/α-hetero) is 1. The van der Waals surface area contributed by atoms with Gasteiger partial charge in [-0.3, -0.25) is 14.4 Å². The van der Waals surface area contributed by atoms with Crippen molar-refractivity contribution in [2.75, 3.05) is 19.0 Å². The molecule has 27 heavy (non-hydrogen) atoms. The summed E-state index contributed by atoms with van der Waals surface area (Å²) < 4.78 is 10.2. The van der Waals surface area contributed by atoms with Gasteiger partial charge in [0.05, 0.1) is 13.0 Å². The van der Waals surface area contributed by atoms with Crippen molar-refractivity contribution in [2.24, 2.45) is 0 Å². The first kappa shape index (κ1) is 18.6. The van der Waals surface area contributed by atoms with Gasteiger partial charge >= 0.3 is 5.97 Å². The summed E-state index contributed by atoms with van der Waals surface area (Å²) in [5, 5.41) is 2.76. The highest BCUT2D eigenvalue weighted by Crippen LogP contribution is 2.32. The van der Waals surface area contributed by atoms with Crippen molar-refractivity contribution < 1.29 is 23.9 Å². The number of hydrogen-bond acceptors (Lipinski definition) is 5. The average Bonchev–Trinajstić information content (AvgIpc) is 2.98. The third-order valence-electron chi connectivity index (χ3n) is 4.63. The van der Waals surface area contributed by atoms with Gasteiger partial charge < -0.3 is 14.8 Å². The Morgan fingerprint density at radius 3 is 2.56 bits per heavy atom. The molecular weight excluding hydrogens is 346 g/mol. The normalized spacial score (nSPS) is 15.0. The molecule has 2 aromatic carbocycles. The lowest BCUT2D eigenvalue weighted by molar-refractivity contribution is -0.142. The average molecular weight is 367 g/mol. The van der Waals surface area contributed by atoms with Gasteiger partial charge in [-0.05, 0) is 54.8 Å². The lowest BCUT2D eigenvalue weighted by atomic mass is 9.99. The lowest BCUT2D eigenvalue weighted by Gasteiger charge is -2.07. The Labute approximate surface area is 157 Å². The molecule has 1 N–H and O–H groups in total. The molecule has 6 nitrogen and oxygen atoms in total. The summed E-state index contributed by atoms with van der Waals surface area (Å²) in [5.74, 6) is -0.334. The number of ketones is 1. The number of benzene rings is 2. The fraction of sp³-hybridized carbons (Fsp3) is 0.286. The smallest absolute Gasteiger partial charge is 0.306 e. The SMILES string of the molecule is COc1ccc(CCC(=O)OCC(=O)c2ccc3c(c2)[C@H](C)C(=O)N3)cc1. The summed E-state index contributed by atoms with van der Waals surface area (Å²) >= 11 is 0. The van der Waals surface area contributed by atoms with Crippen LogP contribution >= 0.6 is 0 Å². The van der Waals surface area contributed by atoms with Crippen molar-refractivity contribution in [3.05, 3.63) is 59.2 Å². The first-order valence-corrected chi connectivity index (χ1v) is 8.74. The van der Waals surface area contributed by atoms with Crippen molar-refractivity contribution in [3.8, 4) is 5.75 Å². The molecule has 2 aromatic rings. The molecular formula is C21H21NO5. The van der Waals surface area contributed by atoms with Crippen molar-refractivity contribution in [2.45, 2.75) is 25.7 Å². The van der Waals surface area contributed by atoms with Crippen molar-refractivity contribution in [3.63, 3.8) is 0 Å². The highest BCUT2D eigenvalue weighted by molar-refractivity contribution is 6.05. The summed E-state index contributed by atoms with van der Waals surface area (Å²) in [6.45, 7) is 1.48. The van der Waals surface area contributed by atoms with E-state index in [2.05, 4.69) is 5.32 Å². The van der Waals surface area contributed by atoms with Gasteiger partial charge in [0.15, 0.2) is 12.4 Å². The molecule has 3 rings (SSSR count). The van der Waals surface area contributed by atoms with Crippen LogP contribution in [-0.2, 0) is 20.7 Å². The Morgan fingerprint density at radius 1 is 1.11 bits per heavy atom. The molecule has 0 aromatic heterocycles. The van der Waals surface area contributed by atoms with E-state index in [9.17, 15) is 14.4 Å². The molecule has 1 aliphatic heterocycles. The molecule has 0 bridgehead atoms. The molecule has 1 atom stereocenters. The zero-order chi connectivity index (χ0) is 19.4. The monoisotopic (exact) mass is 367 g/mol. The number of amides is 1. The fourth-order valence-corrected chi connectivity index (χ4v) is 2.93. The molecule has 1 aliphatic rings. The second-order valence-electron chi connectivity index (χ2n) is 6.44. The van der Waals surface area contributed by atoms with E-state index in [0.29, 0.717) is 12.0 Å². The molecule has 6 heteroatoms. The van der Waals surface area contributed by atoms with E-state index in [0.717, 1.165) is 22.6 Å². The maximum Gasteiger partial charge on any atom is 0.306 e. The van der Waals surface area contributed by atoms with E-state index in [-0.39, 0.29) is 30.6 Å². The molecule has 0 unspecified atom stereocenters. The molecule has 140 valence electrons. The molecule has 0 saturated heterocycles. The van der Waals surface area contributed by atoms with Gasteiger partial charge in [0.25, 0.3) is 0 Å². The minimum atomic E-state index is -0.425. The summed E-state index contributed by atoms with van der Waals surface area (Å²) in [5.41, 5.74) is 2.93. The standard InChI is InChI=1S/C21H21NO5/c1-13-17-11-15(6-9-18(17)22-21(13)25)19(23)12-27-20(24)10-5-14-3-7-16(26-2)8-4-14/h3-4,6-9,11,13H,5,10,12H2,1-2H3,(H,22,25)/t13-/m0/s1. The first-order valence-electron chi connectivity index (χ1n) is 8.74. The molecule has 0 spiro atoms. The maximum absolute atomic E-state index is 12.3. The molecule has 0 fully saturated rings. The number of esters is 1. The fourth-order valence-electron chi connectivity index (χ4n) is 2.93. The Kier molecular flexibility index (Phi) is 5.54. The topological polar surface area (TPSA) is 81.7 Å². The number of carbonyl (C=O) groups excluding carboxylic acids is 3. The zero-order valence-electron chi connectivity index (χ0n) is 15.3. The van der Waals surface area contributed by atoms with Crippen LogP contribution in [0.4, 0.5) is 5.69 Å². The molecule has 0 saturated carbocycles. The summed E-state index contributed by atoms with van der Waals surface area (Å²) in [6, 6.07) is 12.5. The van der Waals surface area contributed by atoms with Crippen LogP contribution in [-0.4, -0.2) is 31.4 Å². The summed E-state index contributed by atoms with van der Waals surface area (Å²) in [6.07, 6.45) is 0.723.